The number of amides is 1. The van der Waals surface area contributed by atoms with Gasteiger partial charge in [0.05, 0.1) is 5.69 Å². The zero-order valence-corrected chi connectivity index (χ0v) is 11.6. The summed E-state index contributed by atoms with van der Waals surface area (Å²) in [7, 11) is 0. The minimum atomic E-state index is -0.494. The van der Waals surface area contributed by atoms with Gasteiger partial charge in [0.15, 0.2) is 0 Å². The van der Waals surface area contributed by atoms with Gasteiger partial charge in [-0.2, -0.15) is 5.06 Å². The Labute approximate surface area is 119 Å². The summed E-state index contributed by atoms with van der Waals surface area (Å²) in [5.41, 5.74) is 1.32. The number of nitrogens with zero attached hydrogens (tertiary/aromatic N) is 1. The van der Waals surface area contributed by atoms with Crippen LogP contribution in [0.5, 0.6) is 0 Å². The molecule has 1 amide bonds. The molecule has 0 heterocycles. The van der Waals surface area contributed by atoms with Crippen molar-refractivity contribution in [1.82, 2.24) is 0 Å². The molecule has 19 heavy (non-hydrogen) atoms. The molecule has 2 rings (SSSR count). The zero-order valence-electron chi connectivity index (χ0n) is 10.0. The van der Waals surface area contributed by atoms with Crippen LogP contribution in [0.25, 0.3) is 6.08 Å². The maximum atomic E-state index is 11.8. The van der Waals surface area contributed by atoms with Gasteiger partial charge in [0.2, 0.25) is 0 Å². The number of hydrogen-bond acceptors (Lipinski definition) is 2. The fourth-order valence-electron chi connectivity index (χ4n) is 1.51. The summed E-state index contributed by atoms with van der Waals surface area (Å²) in [4.78, 5) is 11.8. The molecule has 0 aliphatic carbocycles. The van der Waals surface area contributed by atoms with Crippen LogP contribution in [0.15, 0.2) is 65.1 Å². The molecular formula is C15H12BrNO2. The monoisotopic (exact) mass is 317 g/mol. The quantitative estimate of drug-likeness (QED) is 0.530. The number of anilines is 1. The van der Waals surface area contributed by atoms with Crippen LogP contribution in [0.2, 0.25) is 0 Å². The number of carbonyl (C=O) groups excluding carboxylic acids is 1. The molecule has 3 nitrogen and oxygen atoms in total. The van der Waals surface area contributed by atoms with Crippen molar-refractivity contribution < 1.29 is 10.0 Å². The Kier molecular flexibility index (Phi) is 4.49. The highest BCUT2D eigenvalue weighted by atomic mass is 79.9. The molecule has 1 N–H and O–H groups in total. The maximum absolute atomic E-state index is 11.8. The van der Waals surface area contributed by atoms with Gasteiger partial charge < -0.3 is 0 Å². The molecule has 0 bridgehead atoms. The first-order valence-corrected chi connectivity index (χ1v) is 6.48. The first kappa shape index (κ1) is 13.5. The largest absolute Gasteiger partial charge is 0.281 e. The molecule has 4 heteroatoms. The summed E-state index contributed by atoms with van der Waals surface area (Å²) in [5.74, 6) is -0.494. The summed E-state index contributed by atoms with van der Waals surface area (Å²) in [5, 5.41) is 10.4. The van der Waals surface area contributed by atoms with E-state index in [1.54, 1.807) is 30.3 Å². The van der Waals surface area contributed by atoms with Crippen molar-refractivity contribution in [2.75, 3.05) is 5.06 Å². The summed E-state index contributed by atoms with van der Waals surface area (Å²) in [6.45, 7) is 0. The highest BCUT2D eigenvalue weighted by Crippen LogP contribution is 2.17. The molecule has 0 atom stereocenters. The molecule has 0 unspecified atom stereocenters. The average Bonchev–Trinajstić information content (AvgIpc) is 2.46. The minimum Gasteiger partial charge on any atom is -0.281 e. The van der Waals surface area contributed by atoms with Gasteiger partial charge in [-0.05, 0) is 35.9 Å². The van der Waals surface area contributed by atoms with Crippen LogP contribution >= 0.6 is 15.9 Å². The lowest BCUT2D eigenvalue weighted by Gasteiger charge is -2.12. The van der Waals surface area contributed by atoms with E-state index < -0.39 is 5.91 Å². The topological polar surface area (TPSA) is 40.5 Å². The van der Waals surface area contributed by atoms with Crippen LogP contribution in [0, 0.1) is 0 Å². The van der Waals surface area contributed by atoms with Crippen molar-refractivity contribution in [2.24, 2.45) is 0 Å². The normalized spacial score (nSPS) is 10.6. The van der Waals surface area contributed by atoms with E-state index in [4.69, 9.17) is 0 Å². The van der Waals surface area contributed by atoms with E-state index in [2.05, 4.69) is 15.9 Å². The van der Waals surface area contributed by atoms with Crippen molar-refractivity contribution in [2.45, 2.75) is 0 Å². The Hall–Kier alpha value is -1.91. The lowest BCUT2D eigenvalue weighted by molar-refractivity contribution is -0.118. The summed E-state index contributed by atoms with van der Waals surface area (Å²) < 4.78 is 0.886. The van der Waals surface area contributed by atoms with Crippen molar-refractivity contribution >= 4 is 33.6 Å². The Bertz CT molecular complexity index is 579. The van der Waals surface area contributed by atoms with E-state index in [0.717, 1.165) is 10.0 Å². The van der Waals surface area contributed by atoms with Gasteiger partial charge in [0.25, 0.3) is 5.91 Å². The average molecular weight is 318 g/mol. The first-order valence-electron chi connectivity index (χ1n) is 5.68. The third kappa shape index (κ3) is 3.77. The van der Waals surface area contributed by atoms with Crippen molar-refractivity contribution in [3.05, 3.63) is 70.7 Å². The van der Waals surface area contributed by atoms with Gasteiger partial charge >= 0.3 is 0 Å². The Morgan fingerprint density at radius 1 is 1.05 bits per heavy atom. The van der Waals surface area contributed by atoms with Gasteiger partial charge in [-0.3, -0.25) is 10.0 Å². The third-order valence-electron chi connectivity index (χ3n) is 2.50. The molecule has 0 spiro atoms. The lowest BCUT2D eigenvalue weighted by atomic mass is 10.2. The molecule has 2 aromatic carbocycles. The highest BCUT2D eigenvalue weighted by Gasteiger charge is 2.09. The molecule has 0 aromatic heterocycles. The number of halogens is 1. The first-order chi connectivity index (χ1) is 9.16. The van der Waals surface area contributed by atoms with Crippen LogP contribution in [-0.4, -0.2) is 11.1 Å². The fraction of sp³-hybridized carbons (Fsp3) is 0. The van der Waals surface area contributed by atoms with Gasteiger partial charge in [-0.1, -0.05) is 46.3 Å². The van der Waals surface area contributed by atoms with Crippen LogP contribution in [0.4, 0.5) is 5.69 Å². The number of benzene rings is 2. The van der Waals surface area contributed by atoms with Crippen LogP contribution in [-0.2, 0) is 4.79 Å². The highest BCUT2D eigenvalue weighted by molar-refractivity contribution is 9.10. The molecule has 0 aliphatic heterocycles. The van der Waals surface area contributed by atoms with Crippen molar-refractivity contribution in [3.63, 3.8) is 0 Å². The summed E-state index contributed by atoms with van der Waals surface area (Å²) >= 11 is 3.29. The molecule has 0 saturated heterocycles. The van der Waals surface area contributed by atoms with E-state index in [0.29, 0.717) is 10.8 Å². The Morgan fingerprint density at radius 3 is 2.32 bits per heavy atom. The smallest absolute Gasteiger partial charge is 0.274 e. The molecule has 2 aromatic rings. The molecule has 0 radical (unpaired) electrons. The second-order valence-electron chi connectivity index (χ2n) is 3.87. The zero-order chi connectivity index (χ0) is 13.7. The number of carbonyl (C=O) groups is 1. The predicted octanol–water partition coefficient (Wildman–Crippen LogP) is 3.88. The van der Waals surface area contributed by atoms with Crippen LogP contribution in [0.1, 0.15) is 5.56 Å². The number of hydroxylamine groups is 1. The fourth-order valence-corrected chi connectivity index (χ4v) is 1.78. The predicted molar refractivity (Wildman–Crippen MR) is 78.9 cm³/mol. The lowest BCUT2D eigenvalue weighted by Crippen LogP contribution is -2.24. The van der Waals surface area contributed by atoms with Crippen molar-refractivity contribution in [1.29, 1.82) is 0 Å². The van der Waals surface area contributed by atoms with Crippen LogP contribution < -0.4 is 5.06 Å². The van der Waals surface area contributed by atoms with E-state index in [9.17, 15) is 10.0 Å². The summed E-state index contributed by atoms with van der Waals surface area (Å²) in [6.07, 6.45) is 2.99. The molecule has 0 saturated carbocycles. The van der Waals surface area contributed by atoms with Gasteiger partial charge in [0, 0.05) is 10.5 Å². The molecular weight excluding hydrogens is 306 g/mol. The SMILES string of the molecule is O=C(C=Cc1ccccc1)N(O)c1ccc(Br)cc1. The van der Waals surface area contributed by atoms with Gasteiger partial charge in [0.1, 0.15) is 0 Å². The van der Waals surface area contributed by atoms with Crippen LogP contribution in [0.3, 0.4) is 0 Å². The summed E-state index contributed by atoms with van der Waals surface area (Å²) in [6, 6.07) is 16.2. The minimum absolute atomic E-state index is 0.422. The van der Waals surface area contributed by atoms with Crippen molar-refractivity contribution in [3.8, 4) is 0 Å². The number of rotatable bonds is 3. The second kappa shape index (κ2) is 6.31. The molecule has 0 fully saturated rings. The number of hydrogen-bond donors (Lipinski definition) is 1. The van der Waals surface area contributed by atoms with Gasteiger partial charge in [-0.15, -0.1) is 0 Å². The second-order valence-corrected chi connectivity index (χ2v) is 4.79. The van der Waals surface area contributed by atoms with Gasteiger partial charge in [-0.25, -0.2) is 0 Å². The van der Waals surface area contributed by atoms with E-state index in [1.807, 2.05) is 30.3 Å². The Balaban J connectivity index is 2.07. The standard InChI is InChI=1S/C15H12BrNO2/c16-13-7-9-14(10-8-13)17(19)15(18)11-6-12-4-2-1-3-5-12/h1-11,19H. The molecule has 0 aliphatic rings. The maximum Gasteiger partial charge on any atom is 0.274 e. The van der Waals surface area contributed by atoms with E-state index >= 15 is 0 Å². The van der Waals surface area contributed by atoms with E-state index in [-0.39, 0.29) is 0 Å². The third-order valence-corrected chi connectivity index (χ3v) is 3.03. The Morgan fingerprint density at radius 2 is 1.68 bits per heavy atom. The molecule has 96 valence electrons. The van der Waals surface area contributed by atoms with E-state index in [1.165, 1.54) is 6.08 Å².